The number of rotatable bonds is 66. The SMILES string of the molecule is CCCCCCCCCCCCCCCC(=O)OC[C@H](COP(=O)(O)OC[C@@H](O)COP(=O)(O)OC[C@@H](COC(=O)CCCCCCCCC(C)C)OC(=O)CCCCCCCCC(C)CC)OC(=O)CCCCCCCCCCCCCCC(C)C. The minimum Gasteiger partial charge on any atom is -0.462 e. The van der Waals surface area contributed by atoms with Crippen molar-refractivity contribution in [2.45, 2.75) is 356 Å². The third-order valence-corrected chi connectivity index (χ3v) is 17.9. The van der Waals surface area contributed by atoms with Crippen molar-refractivity contribution >= 4 is 39.5 Å². The van der Waals surface area contributed by atoms with E-state index in [0.29, 0.717) is 31.6 Å². The van der Waals surface area contributed by atoms with Gasteiger partial charge in [-0.2, -0.15) is 0 Å². The maximum absolute atomic E-state index is 13.0. The maximum Gasteiger partial charge on any atom is 0.472 e. The van der Waals surface area contributed by atoms with E-state index in [1.807, 2.05) is 0 Å². The number of unbranched alkanes of at least 4 members (excludes halogenated alkanes) is 33. The summed E-state index contributed by atoms with van der Waals surface area (Å²) in [6, 6.07) is 0. The fraction of sp³-hybridized carbons (Fsp3) is 0.941. The summed E-state index contributed by atoms with van der Waals surface area (Å²) in [4.78, 5) is 72.4. The molecule has 0 heterocycles. The second-order valence-electron chi connectivity index (χ2n) is 25.8. The Morgan fingerprint density at radius 1 is 0.333 bits per heavy atom. The number of aliphatic hydroxyl groups excluding tert-OH is 1. The highest BCUT2D eigenvalue weighted by Crippen LogP contribution is 2.45. The summed E-state index contributed by atoms with van der Waals surface area (Å²) in [5.74, 6) is 0.0435. The van der Waals surface area contributed by atoms with Gasteiger partial charge in [-0.15, -0.1) is 0 Å². The van der Waals surface area contributed by atoms with Crippen LogP contribution in [0.15, 0.2) is 0 Å². The first-order valence-corrected chi connectivity index (χ1v) is 38.4. The first-order chi connectivity index (χ1) is 41.8. The summed E-state index contributed by atoms with van der Waals surface area (Å²) < 4.78 is 68.2. The van der Waals surface area contributed by atoms with Gasteiger partial charge in [0.15, 0.2) is 12.2 Å². The second kappa shape index (κ2) is 59.1. The Morgan fingerprint density at radius 2 is 0.586 bits per heavy atom. The van der Waals surface area contributed by atoms with E-state index in [0.717, 1.165) is 108 Å². The molecule has 0 aromatic heterocycles. The molecule has 0 saturated heterocycles. The van der Waals surface area contributed by atoms with Crippen molar-refractivity contribution in [3.05, 3.63) is 0 Å². The molecule has 0 aromatic carbocycles. The van der Waals surface area contributed by atoms with Crippen molar-refractivity contribution < 1.29 is 80.2 Å². The standard InChI is InChI=1S/C68H132O17P2/c1-8-10-11-12-13-14-15-16-20-23-26-35-42-49-65(70)78-55-63(84-67(72)51-44-37-27-24-21-18-17-19-22-25-32-39-46-59(3)4)57-82-86(74,75)80-53-62(69)54-81-87(76,77)83-58-64(56-79-66(71)50-43-36-30-28-33-40-47-60(5)6)85-68(73)52-45-38-31-29-34-41-48-61(7)9-2/h59-64,69H,8-58H2,1-7H3,(H,74,75)(H,76,77)/t61?,62-,63-,64-/m1/s1. The molecule has 3 N–H and O–H groups in total. The third kappa shape index (κ3) is 61.3. The number of hydrogen-bond acceptors (Lipinski definition) is 15. The number of carbonyl (C=O) groups excluding carboxylic acids is 4. The number of ether oxygens (including phenoxy) is 4. The van der Waals surface area contributed by atoms with Crippen LogP contribution >= 0.6 is 15.6 Å². The quantitative estimate of drug-likeness (QED) is 0.0222. The molecule has 0 spiro atoms. The highest BCUT2D eigenvalue weighted by atomic mass is 31.2. The summed E-state index contributed by atoms with van der Waals surface area (Å²) in [7, 11) is -9.90. The minimum absolute atomic E-state index is 0.102. The number of esters is 4. The Kier molecular flexibility index (Phi) is 57.8. The molecule has 0 aliphatic carbocycles. The largest absolute Gasteiger partial charge is 0.472 e. The van der Waals surface area contributed by atoms with Crippen LogP contribution in [0.25, 0.3) is 0 Å². The molecular weight excluding hydrogens is 1150 g/mol. The van der Waals surface area contributed by atoms with Crippen LogP contribution < -0.4 is 0 Å². The summed E-state index contributed by atoms with van der Waals surface area (Å²) in [5.41, 5.74) is 0. The molecule has 0 rings (SSSR count). The van der Waals surface area contributed by atoms with Crippen molar-refractivity contribution in [1.29, 1.82) is 0 Å². The zero-order valence-corrected chi connectivity index (χ0v) is 58.3. The van der Waals surface area contributed by atoms with Crippen LogP contribution in [0.3, 0.4) is 0 Å². The molecule has 0 aliphatic heterocycles. The van der Waals surface area contributed by atoms with E-state index in [1.54, 1.807) is 0 Å². The fourth-order valence-corrected chi connectivity index (χ4v) is 11.7. The number of carbonyl (C=O) groups is 4. The Bertz CT molecular complexity index is 1720. The monoisotopic (exact) mass is 1280 g/mol. The van der Waals surface area contributed by atoms with Crippen LogP contribution in [0, 0.1) is 17.8 Å². The zero-order chi connectivity index (χ0) is 64.5. The van der Waals surface area contributed by atoms with Gasteiger partial charge in [0.1, 0.15) is 19.3 Å². The van der Waals surface area contributed by atoms with Gasteiger partial charge in [-0.05, 0) is 43.4 Å². The lowest BCUT2D eigenvalue weighted by molar-refractivity contribution is -0.161. The first-order valence-electron chi connectivity index (χ1n) is 35.4. The van der Waals surface area contributed by atoms with Crippen molar-refractivity contribution in [3.8, 4) is 0 Å². The number of phosphoric acid groups is 2. The first kappa shape index (κ1) is 85.1. The van der Waals surface area contributed by atoms with Gasteiger partial charge < -0.3 is 33.8 Å². The average Bonchev–Trinajstić information content (AvgIpc) is 3.70. The molecule has 516 valence electrons. The Hall–Kier alpha value is -1.94. The van der Waals surface area contributed by atoms with E-state index >= 15 is 0 Å². The predicted octanol–water partition coefficient (Wildman–Crippen LogP) is 19.1. The van der Waals surface area contributed by atoms with Gasteiger partial charge in [0.05, 0.1) is 26.4 Å². The van der Waals surface area contributed by atoms with E-state index in [2.05, 4.69) is 48.5 Å². The fourth-order valence-electron chi connectivity index (χ4n) is 10.2. The highest BCUT2D eigenvalue weighted by molar-refractivity contribution is 7.47. The molecule has 6 atom stereocenters. The lowest BCUT2D eigenvalue weighted by Crippen LogP contribution is -2.30. The van der Waals surface area contributed by atoms with E-state index in [9.17, 15) is 43.2 Å². The maximum atomic E-state index is 13.0. The van der Waals surface area contributed by atoms with E-state index in [1.165, 1.54) is 141 Å². The van der Waals surface area contributed by atoms with Crippen LogP contribution in [-0.2, 0) is 65.4 Å². The van der Waals surface area contributed by atoms with Crippen molar-refractivity contribution in [2.24, 2.45) is 17.8 Å². The highest BCUT2D eigenvalue weighted by Gasteiger charge is 2.30. The Morgan fingerprint density at radius 3 is 0.874 bits per heavy atom. The predicted molar refractivity (Wildman–Crippen MR) is 349 cm³/mol. The number of aliphatic hydroxyl groups is 1. The topological polar surface area (TPSA) is 237 Å². The second-order valence-corrected chi connectivity index (χ2v) is 28.7. The minimum atomic E-state index is -4.95. The van der Waals surface area contributed by atoms with Gasteiger partial charge in [0.25, 0.3) is 0 Å². The van der Waals surface area contributed by atoms with Gasteiger partial charge in [-0.3, -0.25) is 37.3 Å². The van der Waals surface area contributed by atoms with Crippen molar-refractivity contribution in [2.75, 3.05) is 39.6 Å². The Labute approximate surface area is 530 Å². The molecule has 0 bridgehead atoms. The molecular formula is C68H132O17P2. The smallest absolute Gasteiger partial charge is 0.462 e. The molecule has 17 nitrogen and oxygen atoms in total. The zero-order valence-electron chi connectivity index (χ0n) is 56.5. The van der Waals surface area contributed by atoms with Crippen LogP contribution in [0.1, 0.15) is 337 Å². The lowest BCUT2D eigenvalue weighted by atomic mass is 10.00. The molecule has 0 saturated carbocycles. The third-order valence-electron chi connectivity index (χ3n) is 16.0. The van der Waals surface area contributed by atoms with Crippen LogP contribution in [0.2, 0.25) is 0 Å². The van der Waals surface area contributed by atoms with Crippen LogP contribution in [-0.4, -0.2) is 96.7 Å². The summed E-state index contributed by atoms with van der Waals surface area (Å²) in [5, 5.41) is 10.6. The van der Waals surface area contributed by atoms with Crippen LogP contribution in [0.5, 0.6) is 0 Å². The number of phosphoric ester groups is 2. The summed E-state index contributed by atoms with van der Waals surface area (Å²) >= 11 is 0. The summed E-state index contributed by atoms with van der Waals surface area (Å²) in [6.07, 6.45) is 41.8. The summed E-state index contributed by atoms with van der Waals surface area (Å²) in [6.45, 7) is 11.7. The molecule has 87 heavy (non-hydrogen) atoms. The molecule has 0 amide bonds. The molecule has 0 aromatic rings. The Balaban J connectivity index is 5.24. The molecule has 19 heteroatoms. The van der Waals surface area contributed by atoms with Gasteiger partial charge >= 0.3 is 39.5 Å². The van der Waals surface area contributed by atoms with Crippen LogP contribution in [0.4, 0.5) is 0 Å². The van der Waals surface area contributed by atoms with Gasteiger partial charge in [0.2, 0.25) is 0 Å². The molecule has 0 fully saturated rings. The lowest BCUT2D eigenvalue weighted by Gasteiger charge is -2.21. The molecule has 0 aliphatic rings. The van der Waals surface area contributed by atoms with E-state index < -0.39 is 97.5 Å². The van der Waals surface area contributed by atoms with Crippen molar-refractivity contribution in [1.82, 2.24) is 0 Å². The molecule has 0 radical (unpaired) electrons. The van der Waals surface area contributed by atoms with Gasteiger partial charge in [0, 0.05) is 25.7 Å². The van der Waals surface area contributed by atoms with Crippen molar-refractivity contribution in [3.63, 3.8) is 0 Å². The van der Waals surface area contributed by atoms with Gasteiger partial charge in [-0.1, -0.05) is 286 Å². The molecule has 3 unspecified atom stereocenters. The van der Waals surface area contributed by atoms with E-state index in [-0.39, 0.29) is 25.7 Å². The van der Waals surface area contributed by atoms with Gasteiger partial charge in [-0.25, -0.2) is 9.13 Å². The normalized spacial score (nSPS) is 14.6. The number of hydrogen-bond donors (Lipinski definition) is 3. The van der Waals surface area contributed by atoms with E-state index in [4.69, 9.17) is 37.0 Å². The average molecular weight is 1280 g/mol.